The van der Waals surface area contributed by atoms with Crippen LogP contribution in [0.2, 0.25) is 0 Å². The molecule has 2 saturated carbocycles. The summed E-state index contributed by atoms with van der Waals surface area (Å²) >= 11 is 3.76. The van der Waals surface area contributed by atoms with Gasteiger partial charge in [-0.15, -0.1) is 0 Å². The van der Waals surface area contributed by atoms with E-state index in [1.165, 1.54) is 63.5 Å². The number of rotatable bonds is 3. The number of likely N-dealkylation sites (tertiary alicyclic amines) is 1. The Hall–Kier alpha value is 0.440. The third-order valence-corrected chi connectivity index (χ3v) is 6.26. The molecule has 0 aromatic carbocycles. The molecule has 2 atom stereocenters. The lowest BCUT2D eigenvalue weighted by atomic mass is 9.77. The van der Waals surface area contributed by atoms with E-state index in [4.69, 9.17) is 0 Å². The Kier molecular flexibility index (Phi) is 2.84. The summed E-state index contributed by atoms with van der Waals surface area (Å²) < 4.78 is 0. The summed E-state index contributed by atoms with van der Waals surface area (Å²) in [5.74, 6) is 2.16. The molecule has 0 spiro atoms. The zero-order chi connectivity index (χ0) is 10.3. The fourth-order valence-corrected chi connectivity index (χ4v) is 4.66. The minimum atomic E-state index is 0.643. The van der Waals surface area contributed by atoms with Crippen LogP contribution in [0.5, 0.6) is 0 Å². The Balaban J connectivity index is 1.59. The van der Waals surface area contributed by atoms with Crippen molar-refractivity contribution in [2.45, 2.75) is 38.5 Å². The van der Waals surface area contributed by atoms with E-state index >= 15 is 0 Å². The van der Waals surface area contributed by atoms with Crippen molar-refractivity contribution in [3.63, 3.8) is 0 Å². The number of hydrogen-bond acceptors (Lipinski definition) is 1. The average molecular weight is 272 g/mol. The first-order chi connectivity index (χ1) is 7.31. The Morgan fingerprint density at radius 1 is 1.07 bits per heavy atom. The van der Waals surface area contributed by atoms with Gasteiger partial charge >= 0.3 is 0 Å². The van der Waals surface area contributed by atoms with Crippen molar-refractivity contribution in [1.29, 1.82) is 0 Å². The third-order valence-electron chi connectivity index (χ3n) is 5.07. The summed E-state index contributed by atoms with van der Waals surface area (Å²) in [7, 11) is 0. The van der Waals surface area contributed by atoms with Crippen LogP contribution in [0.3, 0.4) is 0 Å². The second kappa shape index (κ2) is 4.03. The fraction of sp³-hybridized carbons (Fsp3) is 1.00. The molecule has 1 aliphatic heterocycles. The summed E-state index contributed by atoms with van der Waals surface area (Å²) in [6.07, 6.45) is 8.89. The van der Waals surface area contributed by atoms with E-state index in [0.717, 1.165) is 11.8 Å². The van der Waals surface area contributed by atoms with Crippen molar-refractivity contribution in [2.24, 2.45) is 17.3 Å². The maximum absolute atomic E-state index is 3.76. The van der Waals surface area contributed by atoms with Crippen molar-refractivity contribution < 1.29 is 0 Å². The van der Waals surface area contributed by atoms with Gasteiger partial charge in [-0.1, -0.05) is 28.8 Å². The van der Waals surface area contributed by atoms with E-state index in [-0.39, 0.29) is 0 Å². The van der Waals surface area contributed by atoms with Crippen molar-refractivity contribution >= 4 is 15.9 Å². The lowest BCUT2D eigenvalue weighted by Gasteiger charge is -2.31. The minimum absolute atomic E-state index is 0.643. The normalized spacial score (nSPS) is 39.0. The van der Waals surface area contributed by atoms with Crippen molar-refractivity contribution in [1.82, 2.24) is 4.90 Å². The first kappa shape index (κ1) is 10.6. The molecule has 2 unspecified atom stereocenters. The van der Waals surface area contributed by atoms with Crippen LogP contribution in [0.4, 0.5) is 0 Å². The molecular formula is C13H22BrN. The largest absolute Gasteiger partial charge is 0.302 e. The van der Waals surface area contributed by atoms with Crippen LogP contribution < -0.4 is 0 Å². The van der Waals surface area contributed by atoms with Gasteiger partial charge in [0.1, 0.15) is 0 Å². The van der Waals surface area contributed by atoms with Gasteiger partial charge in [0, 0.05) is 25.0 Å². The molecule has 86 valence electrons. The monoisotopic (exact) mass is 271 g/mol. The third kappa shape index (κ3) is 1.88. The van der Waals surface area contributed by atoms with Crippen LogP contribution >= 0.6 is 15.9 Å². The molecule has 3 aliphatic rings. The molecule has 3 rings (SSSR count). The first-order valence-corrected chi connectivity index (χ1v) is 7.72. The van der Waals surface area contributed by atoms with E-state index in [2.05, 4.69) is 20.8 Å². The molecule has 3 fully saturated rings. The smallest absolute Gasteiger partial charge is 0.0100 e. The van der Waals surface area contributed by atoms with Crippen LogP contribution in [0.25, 0.3) is 0 Å². The summed E-state index contributed by atoms with van der Waals surface area (Å²) in [5, 5.41) is 1.23. The maximum atomic E-state index is 3.76. The van der Waals surface area contributed by atoms with E-state index in [1.54, 1.807) is 0 Å². The lowest BCUT2D eigenvalue weighted by Crippen LogP contribution is -2.36. The fourth-order valence-electron chi connectivity index (χ4n) is 3.92. The van der Waals surface area contributed by atoms with E-state index in [0.29, 0.717) is 5.41 Å². The first-order valence-electron chi connectivity index (χ1n) is 6.60. The number of nitrogens with zero attached hydrogens (tertiary/aromatic N) is 1. The highest BCUT2D eigenvalue weighted by atomic mass is 79.9. The summed E-state index contributed by atoms with van der Waals surface area (Å²) in [6, 6.07) is 0. The van der Waals surface area contributed by atoms with E-state index < -0.39 is 0 Å². The molecule has 0 radical (unpaired) electrons. The van der Waals surface area contributed by atoms with Crippen LogP contribution in [-0.4, -0.2) is 29.9 Å². The predicted molar refractivity (Wildman–Crippen MR) is 67.3 cm³/mol. The maximum Gasteiger partial charge on any atom is 0.0100 e. The highest BCUT2D eigenvalue weighted by Gasteiger charge is 2.42. The van der Waals surface area contributed by atoms with E-state index in [1.807, 2.05) is 0 Å². The SMILES string of the molecule is BrCC1(CN2CC3CCC3C2)CCCC1. The zero-order valence-electron chi connectivity index (χ0n) is 9.55. The van der Waals surface area contributed by atoms with Crippen molar-refractivity contribution in [3.8, 4) is 0 Å². The number of fused-ring (bicyclic) bond motifs is 1. The van der Waals surface area contributed by atoms with Crippen molar-refractivity contribution in [2.75, 3.05) is 25.0 Å². The predicted octanol–water partition coefficient (Wildman–Crippen LogP) is 3.28. The van der Waals surface area contributed by atoms with E-state index in [9.17, 15) is 0 Å². The standard InChI is InChI=1S/C13H22BrN/c14-9-13(5-1-2-6-13)10-15-7-11-3-4-12(11)8-15/h11-12H,1-10H2. The Bertz CT molecular complexity index is 223. The summed E-state index contributed by atoms with van der Waals surface area (Å²) in [4.78, 5) is 2.77. The molecule has 0 amide bonds. The van der Waals surface area contributed by atoms with Gasteiger partial charge in [0.25, 0.3) is 0 Å². The number of alkyl halides is 1. The zero-order valence-corrected chi connectivity index (χ0v) is 11.1. The van der Waals surface area contributed by atoms with Crippen LogP contribution in [0, 0.1) is 17.3 Å². The van der Waals surface area contributed by atoms with Gasteiger partial charge in [0.05, 0.1) is 0 Å². The molecule has 0 aromatic rings. The second-order valence-corrected chi connectivity index (χ2v) is 6.69. The quantitative estimate of drug-likeness (QED) is 0.713. The Morgan fingerprint density at radius 2 is 1.67 bits per heavy atom. The van der Waals surface area contributed by atoms with Gasteiger partial charge in [-0.05, 0) is 42.9 Å². The number of hydrogen-bond donors (Lipinski definition) is 0. The molecule has 15 heavy (non-hydrogen) atoms. The molecular weight excluding hydrogens is 250 g/mol. The topological polar surface area (TPSA) is 3.24 Å². The molecule has 0 N–H and O–H groups in total. The molecule has 0 bridgehead atoms. The van der Waals surface area contributed by atoms with Gasteiger partial charge in [0.15, 0.2) is 0 Å². The van der Waals surface area contributed by atoms with Gasteiger partial charge in [0.2, 0.25) is 0 Å². The Labute approximate surface area is 102 Å². The molecule has 1 heterocycles. The molecule has 1 nitrogen and oxygen atoms in total. The van der Waals surface area contributed by atoms with Gasteiger partial charge in [-0.3, -0.25) is 0 Å². The second-order valence-electron chi connectivity index (χ2n) is 6.13. The molecule has 0 aromatic heterocycles. The van der Waals surface area contributed by atoms with Gasteiger partial charge in [-0.2, -0.15) is 0 Å². The number of halogens is 1. The average Bonchev–Trinajstić information content (AvgIpc) is 2.78. The van der Waals surface area contributed by atoms with Crippen LogP contribution in [0.15, 0.2) is 0 Å². The molecule has 2 heteroatoms. The molecule has 2 aliphatic carbocycles. The van der Waals surface area contributed by atoms with Crippen molar-refractivity contribution in [3.05, 3.63) is 0 Å². The highest BCUT2D eigenvalue weighted by molar-refractivity contribution is 9.09. The highest BCUT2D eigenvalue weighted by Crippen LogP contribution is 2.45. The summed E-state index contributed by atoms with van der Waals surface area (Å²) in [5.41, 5.74) is 0.643. The Morgan fingerprint density at radius 3 is 2.13 bits per heavy atom. The van der Waals surface area contributed by atoms with Gasteiger partial charge in [-0.25, -0.2) is 0 Å². The minimum Gasteiger partial charge on any atom is -0.302 e. The molecule has 1 saturated heterocycles. The van der Waals surface area contributed by atoms with Gasteiger partial charge < -0.3 is 4.90 Å². The van der Waals surface area contributed by atoms with Crippen LogP contribution in [-0.2, 0) is 0 Å². The van der Waals surface area contributed by atoms with Crippen LogP contribution in [0.1, 0.15) is 38.5 Å². The summed E-state index contributed by atoms with van der Waals surface area (Å²) in [6.45, 7) is 4.21. The lowest BCUT2D eigenvalue weighted by molar-refractivity contribution is 0.198.